The highest BCUT2D eigenvalue weighted by Crippen LogP contribution is 2.10. The Kier molecular flexibility index (Phi) is 9.80. The lowest BCUT2D eigenvalue weighted by Crippen LogP contribution is -2.51. The first-order valence-corrected chi connectivity index (χ1v) is 10.2. The molecule has 0 aliphatic carbocycles. The highest BCUT2D eigenvalue weighted by atomic mass is 79.9. The predicted octanol–water partition coefficient (Wildman–Crippen LogP) is 2.48. The van der Waals surface area contributed by atoms with Gasteiger partial charge in [-0.1, -0.05) is 46.3 Å². The number of esters is 1. The number of ether oxygens (including phenoxy) is 2. The van der Waals surface area contributed by atoms with E-state index in [9.17, 15) is 19.2 Å². The number of hydrogen-bond acceptors (Lipinski definition) is 6. The molecule has 0 saturated carbocycles. The van der Waals surface area contributed by atoms with Gasteiger partial charge in [0, 0.05) is 0 Å². The first-order valence-electron chi connectivity index (χ1n) is 9.10. The Hall–Kier alpha value is -2.42. The lowest BCUT2D eigenvalue weighted by Gasteiger charge is -2.23. The van der Waals surface area contributed by atoms with E-state index in [0.29, 0.717) is 0 Å². The van der Waals surface area contributed by atoms with Crippen molar-refractivity contribution >= 4 is 39.7 Å². The van der Waals surface area contributed by atoms with Crippen molar-refractivity contribution in [2.45, 2.75) is 58.4 Å². The molecule has 0 bridgehead atoms. The zero-order valence-corrected chi connectivity index (χ0v) is 18.6. The molecule has 0 unspecified atom stereocenters. The Morgan fingerprint density at radius 2 is 1.69 bits per heavy atom. The monoisotopic (exact) mass is 470 g/mol. The number of benzene rings is 1. The van der Waals surface area contributed by atoms with Gasteiger partial charge in [0.25, 0.3) is 0 Å². The quantitative estimate of drug-likeness (QED) is 0.423. The van der Waals surface area contributed by atoms with E-state index >= 15 is 0 Å². The van der Waals surface area contributed by atoms with E-state index < -0.39 is 35.7 Å². The third kappa shape index (κ3) is 10.1. The van der Waals surface area contributed by atoms with Gasteiger partial charge in [-0.15, -0.1) is 0 Å². The van der Waals surface area contributed by atoms with E-state index in [0.717, 1.165) is 5.56 Å². The average molecular weight is 471 g/mol. The normalized spacial score (nSPS) is 13.0. The van der Waals surface area contributed by atoms with Gasteiger partial charge in [0.05, 0.1) is 17.8 Å². The van der Waals surface area contributed by atoms with Crippen LogP contribution in [0.3, 0.4) is 0 Å². The molecule has 1 aromatic rings. The van der Waals surface area contributed by atoms with Crippen LogP contribution >= 0.6 is 15.9 Å². The van der Waals surface area contributed by atoms with Crippen molar-refractivity contribution < 1.29 is 28.7 Å². The Bertz CT molecular complexity index is 717. The maximum absolute atomic E-state index is 12.3. The Morgan fingerprint density at radius 1 is 1.07 bits per heavy atom. The fraction of sp³-hybridized carbons (Fsp3) is 0.500. The summed E-state index contributed by atoms with van der Waals surface area (Å²) in [6, 6.07) is 7.05. The van der Waals surface area contributed by atoms with E-state index in [-0.39, 0.29) is 24.1 Å². The van der Waals surface area contributed by atoms with Gasteiger partial charge in [-0.05, 0) is 33.3 Å². The lowest BCUT2D eigenvalue weighted by molar-refractivity contribution is -0.156. The molecule has 0 aromatic heterocycles. The Labute approximate surface area is 178 Å². The minimum absolute atomic E-state index is 0.0400. The van der Waals surface area contributed by atoms with Crippen molar-refractivity contribution in [2.75, 3.05) is 5.33 Å². The van der Waals surface area contributed by atoms with Gasteiger partial charge >= 0.3 is 12.1 Å². The number of ketones is 1. The number of halogens is 1. The molecule has 1 aromatic carbocycles. The third-order valence-corrected chi connectivity index (χ3v) is 4.12. The van der Waals surface area contributed by atoms with Crippen LogP contribution in [0.15, 0.2) is 30.3 Å². The van der Waals surface area contributed by atoms with E-state index in [1.807, 2.05) is 18.2 Å². The number of rotatable bonds is 9. The molecule has 0 aliphatic heterocycles. The van der Waals surface area contributed by atoms with Gasteiger partial charge in [0.15, 0.2) is 5.78 Å². The molecular weight excluding hydrogens is 444 g/mol. The fourth-order valence-electron chi connectivity index (χ4n) is 2.19. The van der Waals surface area contributed by atoms with Crippen LogP contribution in [0, 0.1) is 0 Å². The van der Waals surface area contributed by atoms with Gasteiger partial charge in [0.1, 0.15) is 18.2 Å². The summed E-state index contributed by atoms with van der Waals surface area (Å²) in [6.45, 7) is 6.63. The van der Waals surface area contributed by atoms with E-state index in [2.05, 4.69) is 26.6 Å². The van der Waals surface area contributed by atoms with Crippen molar-refractivity contribution in [1.29, 1.82) is 0 Å². The molecule has 2 atom stereocenters. The summed E-state index contributed by atoms with van der Waals surface area (Å²) in [7, 11) is 0. The molecular formula is C20H27BrN2O6. The minimum Gasteiger partial charge on any atom is -0.460 e. The number of carbonyl (C=O) groups excluding carboxylic acids is 4. The zero-order chi connectivity index (χ0) is 22.0. The maximum Gasteiger partial charge on any atom is 0.408 e. The lowest BCUT2D eigenvalue weighted by atomic mass is 10.1. The number of Topliss-reactive ketones (excluding diaryl/α,β-unsaturated/α-hetero) is 1. The van der Waals surface area contributed by atoms with Crippen molar-refractivity contribution in [3.8, 4) is 0 Å². The van der Waals surface area contributed by atoms with Gasteiger partial charge in [-0.3, -0.25) is 14.4 Å². The molecule has 2 N–H and O–H groups in total. The number of amides is 2. The number of alkyl carbamates (subject to hydrolysis) is 1. The van der Waals surface area contributed by atoms with Crippen LogP contribution in [0.25, 0.3) is 0 Å². The molecule has 0 radical (unpaired) electrons. The number of alkyl halides is 1. The van der Waals surface area contributed by atoms with Crippen LogP contribution < -0.4 is 10.6 Å². The number of nitrogens with one attached hydrogen (secondary N) is 2. The summed E-state index contributed by atoms with van der Waals surface area (Å²) in [5, 5.41) is 4.83. The van der Waals surface area contributed by atoms with Crippen LogP contribution in [0.1, 0.15) is 39.7 Å². The largest absolute Gasteiger partial charge is 0.460 e. The first-order chi connectivity index (χ1) is 13.5. The molecule has 29 heavy (non-hydrogen) atoms. The van der Waals surface area contributed by atoms with E-state index in [4.69, 9.17) is 9.47 Å². The molecule has 0 aliphatic rings. The van der Waals surface area contributed by atoms with E-state index in [1.54, 1.807) is 32.9 Å². The standard InChI is InChI=1S/C20H27BrN2O6/c1-13(22-19(27)28-12-14-8-6-5-7-9-14)18(26)23-15(16(24)11-21)10-17(25)29-20(2,3)4/h5-9,13,15H,10-12H2,1-4H3,(H,22,27)(H,23,26)/t13-,15-/m0/s1. The molecule has 8 nitrogen and oxygen atoms in total. The summed E-state index contributed by atoms with van der Waals surface area (Å²) < 4.78 is 10.3. The SMILES string of the molecule is C[C@H](NC(=O)OCc1ccccc1)C(=O)N[C@@H](CC(=O)OC(C)(C)C)C(=O)CBr. The minimum atomic E-state index is -1.07. The number of carbonyl (C=O) groups is 4. The molecule has 0 saturated heterocycles. The Balaban J connectivity index is 2.57. The number of hydrogen-bond donors (Lipinski definition) is 2. The Morgan fingerprint density at radius 3 is 2.24 bits per heavy atom. The molecule has 9 heteroatoms. The molecule has 1 rings (SSSR count). The van der Waals surface area contributed by atoms with Gasteiger partial charge < -0.3 is 20.1 Å². The van der Waals surface area contributed by atoms with Crippen LogP contribution in [-0.4, -0.2) is 46.8 Å². The fourth-order valence-corrected chi connectivity index (χ4v) is 2.58. The van der Waals surface area contributed by atoms with Crippen LogP contribution in [0.4, 0.5) is 4.79 Å². The smallest absolute Gasteiger partial charge is 0.408 e. The molecule has 160 valence electrons. The summed E-state index contributed by atoms with van der Waals surface area (Å²) >= 11 is 3.03. The van der Waals surface area contributed by atoms with Crippen molar-refractivity contribution in [3.63, 3.8) is 0 Å². The topological polar surface area (TPSA) is 111 Å². The molecule has 0 spiro atoms. The first kappa shape index (κ1) is 24.6. The summed E-state index contributed by atoms with van der Waals surface area (Å²) in [6.07, 6.45) is -1.08. The van der Waals surface area contributed by atoms with Crippen LogP contribution in [-0.2, 0) is 30.5 Å². The van der Waals surface area contributed by atoms with Crippen molar-refractivity contribution in [2.24, 2.45) is 0 Å². The maximum atomic E-state index is 12.3. The summed E-state index contributed by atoms with van der Waals surface area (Å²) in [5.41, 5.74) is 0.0978. The zero-order valence-electron chi connectivity index (χ0n) is 17.0. The highest BCUT2D eigenvalue weighted by molar-refractivity contribution is 9.09. The van der Waals surface area contributed by atoms with Gasteiger partial charge in [-0.25, -0.2) is 4.79 Å². The highest BCUT2D eigenvalue weighted by Gasteiger charge is 2.28. The second kappa shape index (κ2) is 11.5. The van der Waals surface area contributed by atoms with E-state index in [1.165, 1.54) is 6.92 Å². The second-order valence-corrected chi connectivity index (χ2v) is 7.94. The van der Waals surface area contributed by atoms with Gasteiger partial charge in [0.2, 0.25) is 5.91 Å². The van der Waals surface area contributed by atoms with Crippen molar-refractivity contribution in [3.05, 3.63) is 35.9 Å². The second-order valence-electron chi connectivity index (χ2n) is 7.38. The predicted molar refractivity (Wildman–Crippen MR) is 110 cm³/mol. The third-order valence-electron chi connectivity index (χ3n) is 3.57. The summed E-state index contributed by atoms with van der Waals surface area (Å²) in [5.74, 6) is -1.62. The average Bonchev–Trinajstić information content (AvgIpc) is 2.64. The summed E-state index contributed by atoms with van der Waals surface area (Å²) in [4.78, 5) is 48.3. The van der Waals surface area contributed by atoms with Crippen LogP contribution in [0.5, 0.6) is 0 Å². The molecule has 2 amide bonds. The van der Waals surface area contributed by atoms with Crippen LogP contribution in [0.2, 0.25) is 0 Å². The molecule has 0 fully saturated rings. The van der Waals surface area contributed by atoms with Crippen molar-refractivity contribution in [1.82, 2.24) is 10.6 Å². The molecule has 0 heterocycles. The van der Waals surface area contributed by atoms with Gasteiger partial charge in [-0.2, -0.15) is 0 Å².